The van der Waals surface area contributed by atoms with Crippen LogP contribution in [-0.4, -0.2) is 116 Å². The predicted molar refractivity (Wildman–Crippen MR) is 108 cm³/mol. The van der Waals surface area contributed by atoms with Crippen LogP contribution in [0.3, 0.4) is 0 Å². The molecule has 0 aromatic rings. The van der Waals surface area contributed by atoms with Gasteiger partial charge >= 0.3 is 6.03 Å². The second kappa shape index (κ2) is 10.6. The van der Waals surface area contributed by atoms with Gasteiger partial charge in [0, 0.05) is 57.9 Å². The quantitative estimate of drug-likeness (QED) is 0.710. The van der Waals surface area contributed by atoms with Gasteiger partial charge in [0.25, 0.3) is 0 Å². The minimum atomic E-state index is 0.143. The van der Waals surface area contributed by atoms with Gasteiger partial charge in [0.2, 0.25) is 0 Å². The average Bonchev–Trinajstić information content (AvgIpc) is 3.19. The fraction of sp³-hybridized carbons (Fsp3) is 0.950. The average molecular weight is 382 g/mol. The Balaban J connectivity index is 1.39. The van der Waals surface area contributed by atoms with Crippen LogP contribution in [0, 0.1) is 0 Å². The highest BCUT2D eigenvalue weighted by Crippen LogP contribution is 2.17. The molecule has 0 radical (unpaired) electrons. The molecule has 2 amide bonds. The summed E-state index contributed by atoms with van der Waals surface area (Å²) in [6.45, 7) is 16.5. The first-order valence-electron chi connectivity index (χ1n) is 11.0. The van der Waals surface area contributed by atoms with Crippen molar-refractivity contribution in [1.82, 2.24) is 24.9 Å². The number of ether oxygens (including phenoxy) is 1. The molecule has 3 aliphatic rings. The molecule has 0 bridgehead atoms. The molecule has 1 N–H and O–H groups in total. The van der Waals surface area contributed by atoms with Crippen molar-refractivity contribution in [2.75, 3.05) is 78.7 Å². The van der Waals surface area contributed by atoms with Gasteiger partial charge in [-0.25, -0.2) is 4.79 Å². The van der Waals surface area contributed by atoms with E-state index in [1.54, 1.807) is 0 Å². The molecule has 156 valence electrons. The van der Waals surface area contributed by atoms with Crippen molar-refractivity contribution in [3.63, 3.8) is 0 Å². The second-order valence-electron chi connectivity index (χ2n) is 8.15. The highest BCUT2D eigenvalue weighted by molar-refractivity contribution is 5.75. The molecule has 3 heterocycles. The van der Waals surface area contributed by atoms with Crippen molar-refractivity contribution >= 4 is 6.03 Å². The zero-order chi connectivity index (χ0) is 19.1. The van der Waals surface area contributed by atoms with E-state index in [1.807, 2.05) is 4.90 Å². The topological polar surface area (TPSA) is 51.3 Å². The Kier molecular flexibility index (Phi) is 8.18. The zero-order valence-electron chi connectivity index (χ0n) is 17.4. The fourth-order valence-electron chi connectivity index (χ4n) is 4.71. The summed E-state index contributed by atoms with van der Waals surface area (Å²) in [6.07, 6.45) is 3.38. The highest BCUT2D eigenvalue weighted by atomic mass is 16.5. The van der Waals surface area contributed by atoms with E-state index in [1.165, 1.54) is 6.42 Å². The van der Waals surface area contributed by atoms with Crippen molar-refractivity contribution in [2.24, 2.45) is 0 Å². The van der Waals surface area contributed by atoms with Crippen molar-refractivity contribution in [3.05, 3.63) is 0 Å². The number of likely N-dealkylation sites (N-methyl/N-ethyl adjacent to an activating group) is 1. The molecule has 0 aromatic carbocycles. The molecule has 27 heavy (non-hydrogen) atoms. The SMILES string of the molecule is CCN(CC)C1CCN(C(=O)NC2CCCN(CCN3CCOCC3)C2)C1. The third kappa shape index (κ3) is 6.04. The van der Waals surface area contributed by atoms with E-state index in [4.69, 9.17) is 4.74 Å². The lowest BCUT2D eigenvalue weighted by Gasteiger charge is -2.36. The molecule has 0 spiro atoms. The molecule has 7 nitrogen and oxygen atoms in total. The number of amides is 2. The van der Waals surface area contributed by atoms with E-state index in [-0.39, 0.29) is 6.03 Å². The molecule has 0 saturated carbocycles. The Bertz CT molecular complexity index is 454. The number of morpholine rings is 1. The van der Waals surface area contributed by atoms with Crippen LogP contribution in [0.5, 0.6) is 0 Å². The van der Waals surface area contributed by atoms with Crippen LogP contribution in [0.4, 0.5) is 4.79 Å². The standard InChI is InChI=1S/C20H39N5O2/c1-3-24(4-2)19-7-9-25(17-19)20(26)21-18-6-5-8-23(16-18)11-10-22-12-14-27-15-13-22/h18-19H,3-17H2,1-2H3,(H,21,26). The van der Waals surface area contributed by atoms with Gasteiger partial charge < -0.3 is 19.9 Å². The predicted octanol–water partition coefficient (Wildman–Crippen LogP) is 0.909. The number of likely N-dealkylation sites (tertiary alicyclic amines) is 2. The molecule has 2 unspecified atom stereocenters. The third-order valence-corrected chi connectivity index (χ3v) is 6.45. The van der Waals surface area contributed by atoms with E-state index in [0.717, 1.165) is 91.5 Å². The van der Waals surface area contributed by atoms with Gasteiger partial charge in [0.15, 0.2) is 0 Å². The molecule has 0 aromatic heterocycles. The highest BCUT2D eigenvalue weighted by Gasteiger charge is 2.31. The van der Waals surface area contributed by atoms with Gasteiger partial charge in [-0.3, -0.25) is 9.80 Å². The molecule has 7 heteroatoms. The number of hydrogen-bond donors (Lipinski definition) is 1. The van der Waals surface area contributed by atoms with Crippen LogP contribution in [0.1, 0.15) is 33.1 Å². The lowest BCUT2D eigenvalue weighted by Crippen LogP contribution is -2.52. The number of urea groups is 1. The van der Waals surface area contributed by atoms with Crippen LogP contribution in [0.2, 0.25) is 0 Å². The van der Waals surface area contributed by atoms with Gasteiger partial charge in [-0.1, -0.05) is 13.8 Å². The van der Waals surface area contributed by atoms with E-state index in [0.29, 0.717) is 12.1 Å². The molecule has 3 saturated heterocycles. The van der Waals surface area contributed by atoms with E-state index in [9.17, 15) is 4.79 Å². The van der Waals surface area contributed by atoms with Gasteiger partial charge in [-0.2, -0.15) is 0 Å². The first kappa shape index (κ1) is 20.8. The molecule has 0 aliphatic carbocycles. The number of nitrogens with one attached hydrogen (secondary N) is 1. The Morgan fingerprint density at radius 2 is 1.74 bits per heavy atom. The summed E-state index contributed by atoms with van der Waals surface area (Å²) in [6, 6.07) is 0.968. The molecule has 3 aliphatic heterocycles. The zero-order valence-corrected chi connectivity index (χ0v) is 17.4. The van der Waals surface area contributed by atoms with Crippen LogP contribution < -0.4 is 5.32 Å². The lowest BCUT2D eigenvalue weighted by atomic mass is 10.1. The number of piperidine rings is 1. The maximum Gasteiger partial charge on any atom is 0.317 e. The smallest absolute Gasteiger partial charge is 0.317 e. The Hall–Kier alpha value is -0.890. The summed E-state index contributed by atoms with van der Waals surface area (Å²) in [5, 5.41) is 3.32. The third-order valence-electron chi connectivity index (χ3n) is 6.45. The number of carbonyl (C=O) groups is 1. The summed E-state index contributed by atoms with van der Waals surface area (Å²) in [5.41, 5.74) is 0. The molecule has 3 fully saturated rings. The number of nitrogens with zero attached hydrogens (tertiary/aromatic N) is 4. The molecule has 3 rings (SSSR count). The second-order valence-corrected chi connectivity index (χ2v) is 8.15. The monoisotopic (exact) mass is 381 g/mol. The molecular formula is C20H39N5O2. The lowest BCUT2D eigenvalue weighted by molar-refractivity contribution is 0.0316. The Morgan fingerprint density at radius 3 is 2.48 bits per heavy atom. The fourth-order valence-corrected chi connectivity index (χ4v) is 4.71. The largest absolute Gasteiger partial charge is 0.379 e. The number of rotatable bonds is 7. The Morgan fingerprint density at radius 1 is 1.00 bits per heavy atom. The number of hydrogen-bond acceptors (Lipinski definition) is 5. The van der Waals surface area contributed by atoms with Crippen LogP contribution >= 0.6 is 0 Å². The summed E-state index contributed by atoms with van der Waals surface area (Å²) >= 11 is 0. The normalized spacial score (nSPS) is 28.0. The molecular weight excluding hydrogens is 342 g/mol. The first-order valence-corrected chi connectivity index (χ1v) is 11.0. The van der Waals surface area contributed by atoms with Gasteiger partial charge in [-0.05, 0) is 38.9 Å². The van der Waals surface area contributed by atoms with Crippen LogP contribution in [0.15, 0.2) is 0 Å². The van der Waals surface area contributed by atoms with Gasteiger partial charge in [0.1, 0.15) is 0 Å². The summed E-state index contributed by atoms with van der Waals surface area (Å²) in [4.78, 5) is 22.2. The Labute approximate surface area is 165 Å². The number of carbonyl (C=O) groups excluding carboxylic acids is 1. The maximum atomic E-state index is 12.7. The van der Waals surface area contributed by atoms with E-state index >= 15 is 0 Å². The van der Waals surface area contributed by atoms with Crippen molar-refractivity contribution < 1.29 is 9.53 Å². The summed E-state index contributed by atoms with van der Waals surface area (Å²) < 4.78 is 5.43. The van der Waals surface area contributed by atoms with E-state index < -0.39 is 0 Å². The minimum absolute atomic E-state index is 0.143. The summed E-state index contributed by atoms with van der Waals surface area (Å²) in [7, 11) is 0. The summed E-state index contributed by atoms with van der Waals surface area (Å²) in [5.74, 6) is 0. The minimum Gasteiger partial charge on any atom is -0.379 e. The maximum absolute atomic E-state index is 12.7. The van der Waals surface area contributed by atoms with Crippen molar-refractivity contribution in [2.45, 2.75) is 45.2 Å². The van der Waals surface area contributed by atoms with Crippen LogP contribution in [-0.2, 0) is 4.74 Å². The van der Waals surface area contributed by atoms with Crippen molar-refractivity contribution in [1.29, 1.82) is 0 Å². The first-order chi connectivity index (χ1) is 13.2. The molecule has 2 atom stereocenters. The van der Waals surface area contributed by atoms with Crippen molar-refractivity contribution in [3.8, 4) is 0 Å². The van der Waals surface area contributed by atoms with E-state index in [2.05, 4.69) is 33.9 Å². The van der Waals surface area contributed by atoms with Gasteiger partial charge in [-0.15, -0.1) is 0 Å². The van der Waals surface area contributed by atoms with Gasteiger partial charge in [0.05, 0.1) is 13.2 Å². The van der Waals surface area contributed by atoms with Crippen LogP contribution in [0.25, 0.3) is 0 Å².